The summed E-state index contributed by atoms with van der Waals surface area (Å²) in [6, 6.07) is 10.8. The van der Waals surface area contributed by atoms with E-state index in [9.17, 15) is 4.39 Å². The first-order valence-corrected chi connectivity index (χ1v) is 9.74. The van der Waals surface area contributed by atoms with Crippen molar-refractivity contribution in [2.24, 2.45) is 12.0 Å². The topological polar surface area (TPSA) is 33.4 Å². The first kappa shape index (κ1) is 19.6. The van der Waals surface area contributed by atoms with E-state index in [-0.39, 0.29) is 5.82 Å². The Morgan fingerprint density at radius 2 is 1.89 bits per heavy atom. The molecule has 0 unspecified atom stereocenters. The number of aromatic nitrogens is 2. The predicted molar refractivity (Wildman–Crippen MR) is 113 cm³/mol. The first-order chi connectivity index (χ1) is 13.0. The number of hydrogen-bond acceptors (Lipinski definition) is 3. The van der Waals surface area contributed by atoms with E-state index >= 15 is 0 Å². The van der Waals surface area contributed by atoms with Crippen LogP contribution in [0.4, 0.5) is 15.8 Å². The lowest BCUT2D eigenvalue weighted by Crippen LogP contribution is -2.27. The maximum Gasteiger partial charge on any atom is 0.134 e. The molecule has 0 radical (unpaired) electrons. The molecule has 0 amide bonds. The van der Waals surface area contributed by atoms with Crippen LogP contribution >= 0.6 is 23.2 Å². The molecular weight excluding hydrogens is 386 g/mol. The third kappa shape index (κ3) is 4.42. The van der Waals surface area contributed by atoms with E-state index in [0.29, 0.717) is 30.4 Å². The van der Waals surface area contributed by atoms with Gasteiger partial charge in [0.2, 0.25) is 0 Å². The van der Waals surface area contributed by atoms with Crippen molar-refractivity contribution in [3.05, 3.63) is 53.6 Å². The van der Waals surface area contributed by atoms with Gasteiger partial charge in [0.15, 0.2) is 0 Å². The summed E-state index contributed by atoms with van der Waals surface area (Å²) in [5.74, 6) is 1.51. The number of halogens is 3. The fourth-order valence-electron chi connectivity index (χ4n) is 2.92. The lowest BCUT2D eigenvalue weighted by Gasteiger charge is -2.23. The smallest absolute Gasteiger partial charge is 0.134 e. The molecule has 0 aliphatic heterocycles. The zero-order valence-electron chi connectivity index (χ0n) is 15.3. The highest BCUT2D eigenvalue weighted by atomic mass is 35.5. The van der Waals surface area contributed by atoms with Crippen molar-refractivity contribution in [2.45, 2.75) is 6.92 Å². The second-order valence-corrected chi connectivity index (χ2v) is 6.98. The summed E-state index contributed by atoms with van der Waals surface area (Å²) in [7, 11) is 1.97. The van der Waals surface area contributed by atoms with Crippen LogP contribution in [-0.4, -0.2) is 40.6 Å². The second-order valence-electron chi connectivity index (χ2n) is 6.22. The number of imidazole rings is 1. The van der Waals surface area contributed by atoms with Crippen LogP contribution < -0.4 is 4.90 Å². The molecule has 3 aromatic rings. The Morgan fingerprint density at radius 1 is 1.15 bits per heavy atom. The lowest BCUT2D eigenvalue weighted by atomic mass is 10.2. The Balaban J connectivity index is 1.82. The number of rotatable bonds is 7. The van der Waals surface area contributed by atoms with Crippen LogP contribution in [0.1, 0.15) is 11.4 Å². The van der Waals surface area contributed by atoms with Gasteiger partial charge in [0.05, 0.1) is 16.7 Å². The predicted octanol–water partition coefficient (Wildman–Crippen LogP) is 5.06. The van der Waals surface area contributed by atoms with E-state index in [2.05, 4.69) is 9.98 Å². The van der Waals surface area contributed by atoms with Crippen LogP contribution in [0.25, 0.3) is 11.0 Å². The fourth-order valence-corrected chi connectivity index (χ4v) is 3.33. The highest BCUT2D eigenvalue weighted by molar-refractivity contribution is 6.18. The van der Waals surface area contributed by atoms with Crippen molar-refractivity contribution in [3.63, 3.8) is 0 Å². The molecule has 1 aromatic heterocycles. The molecule has 0 aliphatic rings. The molecule has 142 valence electrons. The minimum absolute atomic E-state index is 0.333. The first-order valence-electron chi connectivity index (χ1n) is 8.67. The molecule has 7 heteroatoms. The average Bonchev–Trinajstić information content (AvgIpc) is 2.94. The summed E-state index contributed by atoms with van der Waals surface area (Å²) < 4.78 is 16.5. The molecule has 0 N–H and O–H groups in total. The zero-order chi connectivity index (χ0) is 19.4. The van der Waals surface area contributed by atoms with Crippen molar-refractivity contribution in [1.82, 2.24) is 9.55 Å². The van der Waals surface area contributed by atoms with Crippen molar-refractivity contribution in [3.8, 4) is 0 Å². The number of hydrogen-bond donors (Lipinski definition) is 0. The molecule has 0 saturated carbocycles. The Kier molecular flexibility index (Phi) is 6.34. The summed E-state index contributed by atoms with van der Waals surface area (Å²) in [4.78, 5) is 10.9. The minimum Gasteiger partial charge on any atom is -0.369 e. The van der Waals surface area contributed by atoms with E-state index in [0.717, 1.165) is 28.2 Å². The Hall–Kier alpha value is -2.11. The maximum atomic E-state index is 14.5. The summed E-state index contributed by atoms with van der Waals surface area (Å²) in [5, 5.41) is 0. The number of anilines is 1. The van der Waals surface area contributed by atoms with Gasteiger partial charge in [0.25, 0.3) is 0 Å². The van der Waals surface area contributed by atoms with Crippen molar-refractivity contribution in [1.29, 1.82) is 0 Å². The molecule has 2 aromatic carbocycles. The molecule has 0 spiro atoms. The molecule has 27 heavy (non-hydrogen) atoms. The molecule has 0 bridgehead atoms. The van der Waals surface area contributed by atoms with Gasteiger partial charge in [-0.3, -0.25) is 4.99 Å². The summed E-state index contributed by atoms with van der Waals surface area (Å²) >= 11 is 11.6. The minimum atomic E-state index is -0.333. The zero-order valence-corrected chi connectivity index (χ0v) is 16.8. The standard InChI is InChI=1S/C20H21Cl2FN4/c1-14-25-19-11-16(4-6-20(19)26(14)2)24-13-15-3-5-17(12-18(15)23)27(9-7-21)10-8-22/h3-6,11-13H,7-10H2,1-2H3. The van der Waals surface area contributed by atoms with Crippen molar-refractivity contribution >= 4 is 51.8 Å². The number of benzene rings is 2. The molecule has 0 aliphatic carbocycles. The van der Waals surface area contributed by atoms with Gasteiger partial charge in [-0.05, 0) is 43.3 Å². The van der Waals surface area contributed by atoms with Crippen LogP contribution in [0.3, 0.4) is 0 Å². The largest absolute Gasteiger partial charge is 0.369 e. The monoisotopic (exact) mass is 406 g/mol. The lowest BCUT2D eigenvalue weighted by molar-refractivity contribution is 0.625. The average molecular weight is 407 g/mol. The molecule has 0 fully saturated rings. The normalized spacial score (nSPS) is 11.6. The van der Waals surface area contributed by atoms with E-state index in [1.165, 1.54) is 12.3 Å². The van der Waals surface area contributed by atoms with Crippen molar-refractivity contribution < 1.29 is 4.39 Å². The van der Waals surface area contributed by atoms with Gasteiger partial charge in [-0.15, -0.1) is 23.2 Å². The van der Waals surface area contributed by atoms with Gasteiger partial charge in [-0.1, -0.05) is 0 Å². The van der Waals surface area contributed by atoms with Crippen LogP contribution in [0, 0.1) is 12.7 Å². The molecule has 3 rings (SSSR count). The highest BCUT2D eigenvalue weighted by Crippen LogP contribution is 2.22. The van der Waals surface area contributed by atoms with Gasteiger partial charge in [-0.2, -0.15) is 0 Å². The summed E-state index contributed by atoms with van der Waals surface area (Å²) in [6.07, 6.45) is 1.53. The van der Waals surface area contributed by atoms with Gasteiger partial charge < -0.3 is 9.47 Å². The van der Waals surface area contributed by atoms with Gasteiger partial charge in [-0.25, -0.2) is 9.37 Å². The maximum absolute atomic E-state index is 14.5. The van der Waals surface area contributed by atoms with Gasteiger partial charge in [0, 0.05) is 49.4 Å². The van der Waals surface area contributed by atoms with Gasteiger partial charge >= 0.3 is 0 Å². The summed E-state index contributed by atoms with van der Waals surface area (Å²) in [6.45, 7) is 3.19. The number of nitrogens with zero attached hydrogens (tertiary/aromatic N) is 4. The molecule has 4 nitrogen and oxygen atoms in total. The number of aliphatic imine (C=N–C) groups is 1. The fraction of sp³-hybridized carbons (Fsp3) is 0.300. The van der Waals surface area contributed by atoms with Crippen LogP contribution in [0.2, 0.25) is 0 Å². The Bertz CT molecular complexity index is 962. The van der Waals surface area contributed by atoms with E-state index < -0.39 is 0 Å². The Labute approximate surface area is 168 Å². The highest BCUT2D eigenvalue weighted by Gasteiger charge is 2.09. The number of alkyl halides is 2. The van der Waals surface area contributed by atoms with Crippen LogP contribution in [-0.2, 0) is 7.05 Å². The van der Waals surface area contributed by atoms with E-state index in [4.69, 9.17) is 23.2 Å². The van der Waals surface area contributed by atoms with Crippen molar-refractivity contribution in [2.75, 3.05) is 29.7 Å². The van der Waals surface area contributed by atoms with Gasteiger partial charge in [0.1, 0.15) is 11.6 Å². The third-order valence-corrected chi connectivity index (χ3v) is 4.84. The summed E-state index contributed by atoms with van der Waals surface area (Å²) in [5.41, 5.74) is 3.83. The quantitative estimate of drug-likeness (QED) is 0.406. The molecule has 0 saturated heterocycles. The second kappa shape index (κ2) is 8.72. The molecule has 0 atom stereocenters. The van der Waals surface area contributed by atoms with E-state index in [1.807, 2.05) is 47.7 Å². The third-order valence-electron chi connectivity index (χ3n) is 4.50. The molecule has 1 heterocycles. The van der Waals surface area contributed by atoms with Crippen LogP contribution in [0.5, 0.6) is 0 Å². The van der Waals surface area contributed by atoms with Crippen LogP contribution in [0.15, 0.2) is 41.4 Å². The van der Waals surface area contributed by atoms with E-state index in [1.54, 1.807) is 6.07 Å². The number of fused-ring (bicyclic) bond motifs is 1. The molecular formula is C20H21Cl2FN4. The Morgan fingerprint density at radius 3 is 2.56 bits per heavy atom. The number of aryl methyl sites for hydroxylation is 2. The SMILES string of the molecule is Cc1nc2cc(N=Cc3ccc(N(CCCl)CCCl)cc3F)ccc2n1C.